The van der Waals surface area contributed by atoms with Crippen molar-refractivity contribution < 1.29 is 4.39 Å². The molecule has 2 nitrogen and oxygen atoms in total. The summed E-state index contributed by atoms with van der Waals surface area (Å²) < 4.78 is 15.1. The molecule has 0 atom stereocenters. The average Bonchev–Trinajstić information content (AvgIpc) is 2.74. The van der Waals surface area contributed by atoms with Gasteiger partial charge < -0.3 is 4.57 Å². The van der Waals surface area contributed by atoms with Gasteiger partial charge in [0.2, 0.25) is 0 Å². The van der Waals surface area contributed by atoms with Crippen molar-refractivity contribution in [2.24, 2.45) is 0 Å². The van der Waals surface area contributed by atoms with E-state index >= 15 is 0 Å². The molecule has 0 aliphatic carbocycles. The van der Waals surface area contributed by atoms with Crippen LogP contribution in [0.3, 0.4) is 0 Å². The van der Waals surface area contributed by atoms with E-state index in [4.69, 9.17) is 11.6 Å². The Balaban J connectivity index is 2.03. The Kier molecular flexibility index (Phi) is 2.76. The maximum Gasteiger partial charge on any atom is 0.141 e. The fraction of sp³-hybridized carbons (Fsp3) is 0.0714. The second kappa shape index (κ2) is 4.42. The number of aromatic nitrogens is 2. The molecule has 3 aromatic rings. The summed E-state index contributed by atoms with van der Waals surface area (Å²) in [6, 6.07) is 9.21. The van der Waals surface area contributed by atoms with Crippen LogP contribution in [-0.2, 0) is 6.54 Å². The number of pyridine rings is 1. The molecule has 2 aromatic heterocycles. The van der Waals surface area contributed by atoms with Crippen LogP contribution in [-0.4, -0.2) is 9.55 Å². The molecule has 0 radical (unpaired) electrons. The predicted octanol–water partition coefficient (Wildman–Crippen LogP) is 3.88. The molecule has 1 aromatic carbocycles. The molecule has 2 heterocycles. The summed E-state index contributed by atoms with van der Waals surface area (Å²) in [4.78, 5) is 3.85. The number of rotatable bonds is 2. The van der Waals surface area contributed by atoms with Crippen molar-refractivity contribution in [3.05, 3.63) is 65.3 Å². The van der Waals surface area contributed by atoms with Gasteiger partial charge in [0.25, 0.3) is 0 Å². The molecule has 18 heavy (non-hydrogen) atoms. The zero-order valence-electron chi connectivity index (χ0n) is 9.48. The van der Waals surface area contributed by atoms with Gasteiger partial charge >= 0.3 is 0 Å². The van der Waals surface area contributed by atoms with Crippen LogP contribution in [0, 0.1) is 5.82 Å². The van der Waals surface area contributed by atoms with Gasteiger partial charge in [0.15, 0.2) is 0 Å². The van der Waals surface area contributed by atoms with Gasteiger partial charge in [-0.1, -0.05) is 17.7 Å². The minimum absolute atomic E-state index is 0.318. The largest absolute Gasteiger partial charge is 0.343 e. The molecule has 0 spiro atoms. The molecule has 0 amide bonds. The number of nitrogens with zero attached hydrogens (tertiary/aromatic N) is 2. The quantitative estimate of drug-likeness (QED) is 0.684. The summed E-state index contributed by atoms with van der Waals surface area (Å²) in [7, 11) is 0. The van der Waals surface area contributed by atoms with Crippen molar-refractivity contribution in [2.45, 2.75) is 6.54 Å². The summed E-state index contributed by atoms with van der Waals surface area (Å²) in [6.45, 7) is 0.578. The molecule has 90 valence electrons. The highest BCUT2D eigenvalue weighted by molar-refractivity contribution is 6.35. The van der Waals surface area contributed by atoms with Gasteiger partial charge in [-0.05, 0) is 29.8 Å². The fourth-order valence-electron chi connectivity index (χ4n) is 2.06. The van der Waals surface area contributed by atoms with E-state index < -0.39 is 0 Å². The van der Waals surface area contributed by atoms with Crippen LogP contribution in [0.2, 0.25) is 5.02 Å². The maximum absolute atomic E-state index is 13.1. The Morgan fingerprint density at radius 2 is 2.11 bits per heavy atom. The van der Waals surface area contributed by atoms with Crippen LogP contribution in [0.25, 0.3) is 10.9 Å². The Bertz CT molecular complexity index is 706. The van der Waals surface area contributed by atoms with Crippen LogP contribution in [0.1, 0.15) is 5.56 Å². The lowest BCUT2D eigenvalue weighted by Crippen LogP contribution is -1.98. The summed E-state index contributed by atoms with van der Waals surface area (Å²) in [5, 5.41) is 1.73. The van der Waals surface area contributed by atoms with E-state index in [0.717, 1.165) is 21.5 Å². The molecule has 0 saturated heterocycles. The molecule has 0 fully saturated rings. The molecule has 4 heteroatoms. The average molecular weight is 261 g/mol. The zero-order chi connectivity index (χ0) is 12.5. The van der Waals surface area contributed by atoms with Gasteiger partial charge in [0.1, 0.15) is 5.82 Å². The summed E-state index contributed by atoms with van der Waals surface area (Å²) in [5.74, 6) is -0.318. The second-order valence-corrected chi connectivity index (χ2v) is 4.53. The minimum Gasteiger partial charge on any atom is -0.343 e. The molecule has 3 rings (SSSR count). The first-order valence-corrected chi connectivity index (χ1v) is 5.94. The van der Waals surface area contributed by atoms with E-state index in [1.54, 1.807) is 6.20 Å². The SMILES string of the molecule is Fc1cncc(Cn2ccc3c(Cl)cccc32)c1. The highest BCUT2D eigenvalue weighted by Gasteiger charge is 2.05. The van der Waals surface area contributed by atoms with Crippen LogP contribution in [0.5, 0.6) is 0 Å². The predicted molar refractivity (Wildman–Crippen MR) is 70.2 cm³/mol. The van der Waals surface area contributed by atoms with Gasteiger partial charge in [-0.3, -0.25) is 4.98 Å². The molecule has 0 unspecified atom stereocenters. The number of fused-ring (bicyclic) bond motifs is 1. The van der Waals surface area contributed by atoms with Gasteiger partial charge in [0.05, 0.1) is 6.20 Å². The van der Waals surface area contributed by atoms with E-state index in [0.29, 0.717) is 6.54 Å². The highest BCUT2D eigenvalue weighted by Crippen LogP contribution is 2.24. The summed E-state index contributed by atoms with van der Waals surface area (Å²) in [6.07, 6.45) is 4.81. The normalized spacial score (nSPS) is 11.0. The topological polar surface area (TPSA) is 17.8 Å². The van der Waals surface area contributed by atoms with Crippen LogP contribution < -0.4 is 0 Å². The van der Waals surface area contributed by atoms with E-state index in [-0.39, 0.29) is 5.82 Å². The first kappa shape index (κ1) is 11.2. The van der Waals surface area contributed by atoms with Crippen molar-refractivity contribution >= 4 is 22.5 Å². The lowest BCUT2D eigenvalue weighted by Gasteiger charge is -2.05. The Hall–Kier alpha value is -1.87. The fourth-order valence-corrected chi connectivity index (χ4v) is 2.30. The van der Waals surface area contributed by atoms with Crippen molar-refractivity contribution in [1.29, 1.82) is 0 Å². The van der Waals surface area contributed by atoms with Crippen molar-refractivity contribution in [2.75, 3.05) is 0 Å². The van der Waals surface area contributed by atoms with E-state index in [2.05, 4.69) is 4.98 Å². The molecule has 0 saturated carbocycles. The number of hydrogen-bond acceptors (Lipinski definition) is 1. The smallest absolute Gasteiger partial charge is 0.141 e. The Morgan fingerprint density at radius 1 is 1.22 bits per heavy atom. The van der Waals surface area contributed by atoms with Crippen LogP contribution >= 0.6 is 11.6 Å². The van der Waals surface area contributed by atoms with Crippen molar-refractivity contribution in [3.63, 3.8) is 0 Å². The Labute approximate surface area is 109 Å². The lowest BCUT2D eigenvalue weighted by molar-refractivity contribution is 0.617. The number of hydrogen-bond donors (Lipinski definition) is 0. The van der Waals surface area contributed by atoms with Crippen molar-refractivity contribution in [1.82, 2.24) is 9.55 Å². The highest BCUT2D eigenvalue weighted by atomic mass is 35.5. The third kappa shape index (κ3) is 1.97. The standard InChI is InChI=1S/C14H10ClFN2/c15-13-2-1-3-14-12(13)4-5-18(14)9-10-6-11(16)8-17-7-10/h1-8H,9H2. The van der Waals surface area contributed by atoms with Gasteiger partial charge in [0, 0.05) is 34.9 Å². The zero-order valence-corrected chi connectivity index (χ0v) is 10.2. The van der Waals surface area contributed by atoms with Crippen molar-refractivity contribution in [3.8, 4) is 0 Å². The third-order valence-corrected chi connectivity index (χ3v) is 3.20. The first-order valence-electron chi connectivity index (χ1n) is 5.57. The van der Waals surface area contributed by atoms with E-state index in [9.17, 15) is 4.39 Å². The summed E-state index contributed by atoms with van der Waals surface area (Å²) >= 11 is 6.11. The molecule has 0 bridgehead atoms. The number of halogens is 2. The number of benzene rings is 1. The molecule has 0 aliphatic rings. The van der Waals surface area contributed by atoms with Crippen LogP contribution in [0.15, 0.2) is 48.9 Å². The minimum atomic E-state index is -0.318. The lowest BCUT2D eigenvalue weighted by atomic mass is 10.2. The van der Waals surface area contributed by atoms with Gasteiger partial charge in [-0.15, -0.1) is 0 Å². The molecule has 0 N–H and O–H groups in total. The van der Waals surface area contributed by atoms with Crippen LogP contribution in [0.4, 0.5) is 4.39 Å². The molecular formula is C14H10ClFN2. The second-order valence-electron chi connectivity index (χ2n) is 4.13. The van der Waals surface area contributed by atoms with E-state index in [1.165, 1.54) is 12.3 Å². The van der Waals surface area contributed by atoms with Gasteiger partial charge in [-0.25, -0.2) is 4.39 Å². The summed E-state index contributed by atoms with van der Waals surface area (Å²) in [5.41, 5.74) is 1.86. The molecular weight excluding hydrogens is 251 g/mol. The Morgan fingerprint density at radius 3 is 2.94 bits per heavy atom. The van der Waals surface area contributed by atoms with Gasteiger partial charge in [-0.2, -0.15) is 0 Å². The third-order valence-electron chi connectivity index (χ3n) is 2.87. The molecule has 0 aliphatic heterocycles. The monoisotopic (exact) mass is 260 g/mol. The first-order chi connectivity index (χ1) is 8.74. The van der Waals surface area contributed by atoms with E-state index in [1.807, 2.05) is 35.0 Å². The maximum atomic E-state index is 13.1.